The van der Waals surface area contributed by atoms with Crippen molar-refractivity contribution >= 4 is 22.9 Å². The Labute approximate surface area is 134 Å². The number of aliphatic hydroxyl groups excluding tert-OH is 1. The molecular formula is C16H19ClN2OS. The molecule has 0 unspecified atom stereocenters. The first kappa shape index (κ1) is 15.0. The van der Waals surface area contributed by atoms with Crippen LogP contribution in [-0.2, 0) is 6.54 Å². The van der Waals surface area contributed by atoms with Gasteiger partial charge in [-0.2, -0.15) is 0 Å². The second-order valence-corrected chi connectivity index (χ2v) is 6.79. The first-order valence-electron chi connectivity index (χ1n) is 7.29. The maximum atomic E-state index is 9.18. The third-order valence-corrected chi connectivity index (χ3v) is 5.26. The van der Waals surface area contributed by atoms with E-state index in [1.54, 1.807) is 11.3 Å². The Morgan fingerprint density at radius 3 is 2.76 bits per heavy atom. The molecule has 112 valence electrons. The van der Waals surface area contributed by atoms with E-state index in [2.05, 4.69) is 10.3 Å². The second-order valence-electron chi connectivity index (χ2n) is 5.53. The minimum Gasteiger partial charge on any atom is -0.396 e. The molecule has 1 aromatic heterocycles. The molecule has 3 rings (SSSR count). The van der Waals surface area contributed by atoms with Gasteiger partial charge in [-0.25, -0.2) is 4.98 Å². The van der Waals surface area contributed by atoms with Crippen LogP contribution in [0.4, 0.5) is 0 Å². The highest BCUT2D eigenvalue weighted by molar-refractivity contribution is 7.13. The number of thiazole rings is 1. The van der Waals surface area contributed by atoms with Crippen molar-refractivity contribution in [2.75, 3.05) is 19.7 Å². The van der Waals surface area contributed by atoms with Gasteiger partial charge in [0.2, 0.25) is 0 Å². The first-order chi connectivity index (χ1) is 10.3. The summed E-state index contributed by atoms with van der Waals surface area (Å²) in [5, 5.41) is 13.0. The van der Waals surface area contributed by atoms with Crippen LogP contribution in [0.5, 0.6) is 0 Å². The molecule has 2 aromatic rings. The van der Waals surface area contributed by atoms with Gasteiger partial charge in [0.15, 0.2) is 0 Å². The van der Waals surface area contributed by atoms with Crippen LogP contribution in [0, 0.1) is 5.92 Å². The Kier molecular flexibility index (Phi) is 4.91. The van der Waals surface area contributed by atoms with E-state index < -0.39 is 0 Å². The highest BCUT2D eigenvalue weighted by atomic mass is 35.5. The van der Waals surface area contributed by atoms with Crippen LogP contribution in [0.2, 0.25) is 5.02 Å². The Hall–Kier alpha value is -0.940. The molecule has 1 N–H and O–H groups in total. The predicted octanol–water partition coefficient (Wildman–Crippen LogP) is 3.67. The number of aliphatic hydroxyl groups is 1. The van der Waals surface area contributed by atoms with E-state index in [1.807, 2.05) is 24.3 Å². The number of rotatable bonds is 4. The van der Waals surface area contributed by atoms with Gasteiger partial charge in [-0.05, 0) is 37.9 Å². The van der Waals surface area contributed by atoms with Gasteiger partial charge in [-0.1, -0.05) is 29.8 Å². The standard InChI is InChI=1S/C16H19ClN2OS/c17-15-4-2-1-3-14(15)16-18-13(11-21-16)9-19-7-5-12(10-20)6-8-19/h1-4,11-12,20H,5-10H2. The SMILES string of the molecule is OCC1CCN(Cc2csc(-c3ccccc3Cl)n2)CC1. The van der Waals surface area contributed by atoms with Crippen molar-refractivity contribution in [2.24, 2.45) is 5.92 Å². The number of likely N-dealkylation sites (tertiary alicyclic amines) is 1. The van der Waals surface area contributed by atoms with Crippen LogP contribution in [0.1, 0.15) is 18.5 Å². The quantitative estimate of drug-likeness (QED) is 0.933. The van der Waals surface area contributed by atoms with Crippen molar-refractivity contribution in [2.45, 2.75) is 19.4 Å². The van der Waals surface area contributed by atoms with Gasteiger partial charge in [-0.15, -0.1) is 11.3 Å². The molecule has 5 heteroatoms. The lowest BCUT2D eigenvalue weighted by Crippen LogP contribution is -2.34. The fourth-order valence-corrected chi connectivity index (χ4v) is 3.83. The Morgan fingerprint density at radius 2 is 2.05 bits per heavy atom. The highest BCUT2D eigenvalue weighted by Gasteiger charge is 2.19. The average molecular weight is 323 g/mol. The van der Waals surface area contributed by atoms with Crippen LogP contribution in [0.15, 0.2) is 29.6 Å². The summed E-state index contributed by atoms with van der Waals surface area (Å²) in [5.41, 5.74) is 2.12. The van der Waals surface area contributed by atoms with Crippen LogP contribution >= 0.6 is 22.9 Å². The molecular weight excluding hydrogens is 304 g/mol. The largest absolute Gasteiger partial charge is 0.396 e. The fourth-order valence-electron chi connectivity index (χ4n) is 2.69. The molecule has 1 aromatic carbocycles. The first-order valence-corrected chi connectivity index (χ1v) is 8.54. The number of hydrogen-bond acceptors (Lipinski definition) is 4. The maximum absolute atomic E-state index is 9.18. The third-order valence-electron chi connectivity index (χ3n) is 4.01. The highest BCUT2D eigenvalue weighted by Crippen LogP contribution is 2.30. The summed E-state index contributed by atoms with van der Waals surface area (Å²) in [6.07, 6.45) is 2.16. The van der Waals surface area contributed by atoms with E-state index >= 15 is 0 Å². The smallest absolute Gasteiger partial charge is 0.125 e. The number of hydrogen-bond donors (Lipinski definition) is 1. The molecule has 0 bridgehead atoms. The van der Waals surface area contributed by atoms with Crippen LogP contribution < -0.4 is 0 Å². The summed E-state index contributed by atoms with van der Waals surface area (Å²) >= 11 is 7.87. The molecule has 3 nitrogen and oxygen atoms in total. The molecule has 0 amide bonds. The van der Waals surface area contributed by atoms with Gasteiger partial charge >= 0.3 is 0 Å². The minimum atomic E-state index is 0.321. The fraction of sp³-hybridized carbons (Fsp3) is 0.438. The molecule has 1 fully saturated rings. The Balaban J connectivity index is 1.65. The van der Waals surface area contributed by atoms with E-state index in [4.69, 9.17) is 16.6 Å². The van der Waals surface area contributed by atoms with Crippen molar-refractivity contribution in [1.82, 2.24) is 9.88 Å². The second kappa shape index (κ2) is 6.88. The normalized spacial score (nSPS) is 17.2. The monoisotopic (exact) mass is 322 g/mol. The van der Waals surface area contributed by atoms with Crippen molar-refractivity contribution in [3.8, 4) is 10.6 Å². The predicted molar refractivity (Wildman–Crippen MR) is 87.6 cm³/mol. The number of aromatic nitrogens is 1. The topological polar surface area (TPSA) is 36.4 Å². The van der Waals surface area contributed by atoms with Gasteiger partial charge in [-0.3, -0.25) is 4.90 Å². The molecule has 0 atom stereocenters. The summed E-state index contributed by atoms with van der Waals surface area (Å²) in [4.78, 5) is 7.13. The van der Waals surface area contributed by atoms with E-state index in [0.717, 1.165) is 53.8 Å². The van der Waals surface area contributed by atoms with Gasteiger partial charge in [0.05, 0.1) is 10.7 Å². The van der Waals surface area contributed by atoms with Gasteiger partial charge in [0, 0.05) is 24.1 Å². The van der Waals surface area contributed by atoms with Gasteiger partial charge in [0.25, 0.3) is 0 Å². The zero-order valence-corrected chi connectivity index (χ0v) is 13.4. The van der Waals surface area contributed by atoms with E-state index in [1.165, 1.54) is 0 Å². The van der Waals surface area contributed by atoms with Crippen molar-refractivity contribution < 1.29 is 5.11 Å². The molecule has 0 spiro atoms. The number of nitrogens with zero attached hydrogens (tertiary/aromatic N) is 2. The van der Waals surface area contributed by atoms with E-state index in [-0.39, 0.29) is 0 Å². The Bertz CT molecular complexity index is 593. The summed E-state index contributed by atoms with van der Waals surface area (Å²) in [5.74, 6) is 0.482. The zero-order valence-electron chi connectivity index (χ0n) is 11.8. The lowest BCUT2D eigenvalue weighted by molar-refractivity contribution is 0.126. The van der Waals surface area contributed by atoms with Crippen molar-refractivity contribution in [3.05, 3.63) is 40.4 Å². The molecule has 1 aliphatic rings. The van der Waals surface area contributed by atoms with Crippen LogP contribution in [0.25, 0.3) is 10.6 Å². The number of halogens is 1. The number of piperidine rings is 1. The molecule has 0 saturated carbocycles. The molecule has 0 aliphatic carbocycles. The van der Waals surface area contributed by atoms with Crippen LogP contribution in [-0.4, -0.2) is 34.7 Å². The summed E-state index contributed by atoms with van der Waals surface area (Å²) < 4.78 is 0. The summed E-state index contributed by atoms with van der Waals surface area (Å²) in [6, 6.07) is 7.84. The zero-order chi connectivity index (χ0) is 14.7. The average Bonchev–Trinajstić information content (AvgIpc) is 2.97. The third kappa shape index (κ3) is 3.64. The molecule has 0 radical (unpaired) electrons. The molecule has 1 saturated heterocycles. The molecule has 1 aliphatic heterocycles. The summed E-state index contributed by atoms with van der Waals surface area (Å²) in [7, 11) is 0. The van der Waals surface area contributed by atoms with Gasteiger partial charge < -0.3 is 5.11 Å². The minimum absolute atomic E-state index is 0.321. The lowest BCUT2D eigenvalue weighted by atomic mass is 9.98. The van der Waals surface area contributed by atoms with E-state index in [0.29, 0.717) is 12.5 Å². The number of benzene rings is 1. The molecule has 2 heterocycles. The Morgan fingerprint density at radius 1 is 1.29 bits per heavy atom. The summed E-state index contributed by atoms with van der Waals surface area (Å²) in [6.45, 7) is 3.30. The van der Waals surface area contributed by atoms with Crippen molar-refractivity contribution in [1.29, 1.82) is 0 Å². The van der Waals surface area contributed by atoms with Crippen molar-refractivity contribution in [3.63, 3.8) is 0 Å². The lowest BCUT2D eigenvalue weighted by Gasteiger charge is -2.30. The van der Waals surface area contributed by atoms with E-state index in [9.17, 15) is 5.11 Å². The van der Waals surface area contributed by atoms with Crippen LogP contribution in [0.3, 0.4) is 0 Å². The molecule has 21 heavy (non-hydrogen) atoms. The maximum Gasteiger partial charge on any atom is 0.125 e. The van der Waals surface area contributed by atoms with Gasteiger partial charge in [0.1, 0.15) is 5.01 Å².